The van der Waals surface area contributed by atoms with Gasteiger partial charge in [0, 0.05) is 54.5 Å². The van der Waals surface area contributed by atoms with Crippen LogP contribution >= 0.6 is 35.6 Å². The molecule has 2 aromatic rings. The molecule has 26 heavy (non-hydrogen) atoms. The molecule has 2 aromatic carbocycles. The molecule has 0 aliphatic carbocycles. The van der Waals surface area contributed by atoms with Crippen molar-refractivity contribution in [2.75, 3.05) is 36.4 Å². The number of piperazine rings is 1. The summed E-state index contributed by atoms with van der Waals surface area (Å²) in [6, 6.07) is 10.4. The van der Waals surface area contributed by atoms with E-state index in [9.17, 15) is 10.1 Å². The summed E-state index contributed by atoms with van der Waals surface area (Å²) in [7, 11) is 0. The lowest BCUT2D eigenvalue weighted by molar-refractivity contribution is -0.384. The summed E-state index contributed by atoms with van der Waals surface area (Å²) in [5, 5.41) is 18.8. The molecule has 0 bridgehead atoms. The van der Waals surface area contributed by atoms with Crippen molar-refractivity contribution in [3.8, 4) is 0 Å². The Morgan fingerprint density at radius 3 is 2.38 bits per heavy atom. The third kappa shape index (κ3) is 5.14. The van der Waals surface area contributed by atoms with Crippen LogP contribution in [0, 0.1) is 10.1 Å². The molecule has 0 aromatic heterocycles. The van der Waals surface area contributed by atoms with Crippen LogP contribution in [0.15, 0.2) is 36.4 Å². The lowest BCUT2D eigenvalue weighted by Crippen LogP contribution is -2.43. The molecule has 9 heteroatoms. The first-order valence-corrected chi connectivity index (χ1v) is 8.71. The maximum atomic E-state index is 11.3. The average Bonchev–Trinajstić information content (AvgIpc) is 2.59. The van der Waals surface area contributed by atoms with Crippen molar-refractivity contribution < 1.29 is 4.92 Å². The van der Waals surface area contributed by atoms with Gasteiger partial charge in [-0.05, 0) is 35.9 Å². The third-order valence-corrected chi connectivity index (χ3v) is 4.50. The molecule has 1 aliphatic rings. The van der Waals surface area contributed by atoms with Gasteiger partial charge in [-0.3, -0.25) is 10.1 Å². The second kappa shape index (κ2) is 9.28. The molecular weight excluding hydrogens is 399 g/mol. The van der Waals surface area contributed by atoms with E-state index in [2.05, 4.69) is 15.5 Å². The summed E-state index contributed by atoms with van der Waals surface area (Å²) in [5.74, 6) is 0. The van der Waals surface area contributed by atoms with Crippen LogP contribution in [0.2, 0.25) is 10.0 Å². The number of nitrogens with zero attached hydrogens (tertiary/aromatic N) is 2. The lowest BCUT2D eigenvalue weighted by Gasteiger charge is -2.29. The average molecular weight is 418 g/mol. The van der Waals surface area contributed by atoms with Crippen molar-refractivity contribution in [2.45, 2.75) is 6.54 Å². The maximum Gasteiger partial charge on any atom is 0.292 e. The molecule has 0 unspecified atom stereocenters. The monoisotopic (exact) mass is 416 g/mol. The number of benzene rings is 2. The SMILES string of the molecule is Cl.O=[N+]([O-])c1ccc(N2CCNCC2)cc1NCc1cc(Cl)cc(Cl)c1. The number of halogens is 3. The summed E-state index contributed by atoms with van der Waals surface area (Å²) in [5.41, 5.74) is 2.36. The Labute approximate surface area is 168 Å². The summed E-state index contributed by atoms with van der Waals surface area (Å²) in [6.45, 7) is 3.95. The van der Waals surface area contributed by atoms with Crippen LogP contribution < -0.4 is 15.5 Å². The van der Waals surface area contributed by atoms with Crippen LogP contribution in [0.25, 0.3) is 0 Å². The smallest absolute Gasteiger partial charge is 0.292 e. The number of nitrogens with one attached hydrogen (secondary N) is 2. The molecule has 6 nitrogen and oxygen atoms in total. The minimum atomic E-state index is -0.380. The molecule has 3 rings (SSSR count). The Balaban J connectivity index is 0.00000243. The van der Waals surface area contributed by atoms with E-state index < -0.39 is 0 Å². The standard InChI is InChI=1S/C17H18Cl2N4O2.ClH/c18-13-7-12(8-14(19)9-13)11-21-16-10-15(1-2-17(16)23(24)25)22-5-3-20-4-6-22;/h1-2,7-10,20-21H,3-6,11H2;1H. The first-order chi connectivity index (χ1) is 12.0. The van der Waals surface area contributed by atoms with Gasteiger partial charge in [0.15, 0.2) is 0 Å². The summed E-state index contributed by atoms with van der Waals surface area (Å²) < 4.78 is 0. The van der Waals surface area contributed by atoms with Crippen molar-refractivity contribution in [2.24, 2.45) is 0 Å². The van der Waals surface area contributed by atoms with Crippen molar-refractivity contribution in [3.05, 3.63) is 62.1 Å². The zero-order valence-corrected chi connectivity index (χ0v) is 16.2. The zero-order chi connectivity index (χ0) is 17.8. The van der Waals surface area contributed by atoms with Crippen molar-refractivity contribution in [1.82, 2.24) is 5.32 Å². The van der Waals surface area contributed by atoms with Crippen LogP contribution in [0.1, 0.15) is 5.56 Å². The van der Waals surface area contributed by atoms with Gasteiger partial charge in [-0.15, -0.1) is 12.4 Å². The molecule has 0 saturated carbocycles. The fraction of sp³-hybridized carbons (Fsp3) is 0.294. The van der Waals surface area contributed by atoms with Gasteiger partial charge in [-0.1, -0.05) is 23.2 Å². The minimum absolute atomic E-state index is 0. The van der Waals surface area contributed by atoms with E-state index in [-0.39, 0.29) is 23.0 Å². The number of hydrogen-bond acceptors (Lipinski definition) is 5. The number of nitro benzene ring substituents is 1. The molecule has 0 radical (unpaired) electrons. The number of hydrogen-bond donors (Lipinski definition) is 2. The topological polar surface area (TPSA) is 70.4 Å². The second-order valence-electron chi connectivity index (χ2n) is 5.83. The molecule has 0 amide bonds. The first kappa shape index (κ1) is 20.6. The largest absolute Gasteiger partial charge is 0.375 e. The Morgan fingerprint density at radius 2 is 1.77 bits per heavy atom. The Morgan fingerprint density at radius 1 is 1.12 bits per heavy atom. The normalized spacial score (nSPS) is 13.8. The van der Waals surface area contributed by atoms with E-state index in [4.69, 9.17) is 23.2 Å². The number of nitro groups is 1. The highest BCUT2D eigenvalue weighted by Crippen LogP contribution is 2.30. The van der Waals surface area contributed by atoms with Crippen LogP contribution in [0.3, 0.4) is 0 Å². The molecule has 0 atom stereocenters. The van der Waals surface area contributed by atoms with Gasteiger partial charge in [0.1, 0.15) is 5.69 Å². The van der Waals surface area contributed by atoms with Crippen LogP contribution in [-0.2, 0) is 6.54 Å². The fourth-order valence-electron chi connectivity index (χ4n) is 2.85. The fourth-order valence-corrected chi connectivity index (χ4v) is 3.43. The van der Waals surface area contributed by atoms with E-state index in [1.165, 1.54) is 0 Å². The highest BCUT2D eigenvalue weighted by molar-refractivity contribution is 6.34. The Hall–Kier alpha value is -1.73. The van der Waals surface area contributed by atoms with E-state index in [1.54, 1.807) is 30.3 Å². The van der Waals surface area contributed by atoms with Gasteiger partial charge >= 0.3 is 0 Å². The number of rotatable bonds is 5. The minimum Gasteiger partial charge on any atom is -0.375 e. The van der Waals surface area contributed by atoms with Gasteiger partial charge in [-0.2, -0.15) is 0 Å². The predicted octanol–water partition coefficient (Wildman–Crippen LogP) is 4.35. The van der Waals surface area contributed by atoms with E-state index >= 15 is 0 Å². The first-order valence-electron chi connectivity index (χ1n) is 7.96. The van der Waals surface area contributed by atoms with Gasteiger partial charge in [0.2, 0.25) is 0 Å². The van der Waals surface area contributed by atoms with E-state index in [0.717, 1.165) is 37.4 Å². The van der Waals surface area contributed by atoms with Crippen LogP contribution in [-0.4, -0.2) is 31.1 Å². The van der Waals surface area contributed by atoms with Crippen molar-refractivity contribution in [1.29, 1.82) is 0 Å². The van der Waals surface area contributed by atoms with Crippen LogP contribution in [0.4, 0.5) is 17.1 Å². The van der Waals surface area contributed by atoms with Crippen molar-refractivity contribution in [3.63, 3.8) is 0 Å². The molecule has 0 spiro atoms. The van der Waals surface area contributed by atoms with Gasteiger partial charge in [0.05, 0.1) is 4.92 Å². The summed E-state index contributed by atoms with van der Waals surface area (Å²) >= 11 is 12.0. The molecule has 1 saturated heterocycles. The molecule has 1 heterocycles. The van der Waals surface area contributed by atoms with E-state index in [1.807, 2.05) is 6.07 Å². The summed E-state index contributed by atoms with van der Waals surface area (Å²) in [4.78, 5) is 13.2. The lowest BCUT2D eigenvalue weighted by atomic mass is 10.2. The Kier molecular flexibility index (Phi) is 7.34. The second-order valence-corrected chi connectivity index (χ2v) is 6.70. The van der Waals surface area contributed by atoms with Gasteiger partial charge in [0.25, 0.3) is 5.69 Å². The van der Waals surface area contributed by atoms with Gasteiger partial charge < -0.3 is 15.5 Å². The van der Waals surface area contributed by atoms with E-state index in [0.29, 0.717) is 22.3 Å². The van der Waals surface area contributed by atoms with Crippen molar-refractivity contribution >= 4 is 52.7 Å². The highest BCUT2D eigenvalue weighted by atomic mass is 35.5. The molecular formula is C17H19Cl3N4O2. The zero-order valence-electron chi connectivity index (χ0n) is 13.9. The van der Waals surface area contributed by atoms with Gasteiger partial charge in [-0.25, -0.2) is 0 Å². The predicted molar refractivity (Wildman–Crippen MR) is 109 cm³/mol. The molecule has 2 N–H and O–H groups in total. The van der Waals surface area contributed by atoms with Crippen LogP contribution in [0.5, 0.6) is 0 Å². The maximum absolute atomic E-state index is 11.3. The molecule has 1 fully saturated rings. The Bertz CT molecular complexity index is 762. The molecule has 1 aliphatic heterocycles. The highest BCUT2D eigenvalue weighted by Gasteiger charge is 2.17. The third-order valence-electron chi connectivity index (χ3n) is 4.06. The quantitative estimate of drug-likeness (QED) is 0.559. The number of anilines is 2. The molecule has 140 valence electrons. The summed E-state index contributed by atoms with van der Waals surface area (Å²) in [6.07, 6.45) is 0.